The van der Waals surface area contributed by atoms with Crippen molar-refractivity contribution in [1.29, 1.82) is 5.26 Å². The molecule has 0 spiro atoms. The lowest BCUT2D eigenvalue weighted by Crippen LogP contribution is -2.32. The summed E-state index contributed by atoms with van der Waals surface area (Å²) in [5.41, 5.74) is 1.34. The van der Waals surface area contributed by atoms with Crippen LogP contribution in [-0.2, 0) is 11.3 Å². The number of carbonyl (C=O) groups is 1. The van der Waals surface area contributed by atoms with Crippen LogP contribution in [0.15, 0.2) is 18.2 Å². The molecule has 1 rings (SSSR count). The molecule has 4 nitrogen and oxygen atoms in total. The number of rotatable bonds is 6. The molecule has 0 saturated carbocycles. The third-order valence-electron chi connectivity index (χ3n) is 2.56. The Bertz CT molecular complexity index is 495. The maximum atomic E-state index is 10.8. The largest absolute Gasteiger partial charge is 0.480 e. The highest BCUT2D eigenvalue weighted by atomic mass is 35.5. The van der Waals surface area contributed by atoms with Gasteiger partial charge in [0.15, 0.2) is 0 Å². The molecule has 0 atom stereocenters. The number of halogens is 1. The molecule has 0 saturated heterocycles. The average Bonchev–Trinajstić information content (AvgIpc) is 2.30. The van der Waals surface area contributed by atoms with Gasteiger partial charge < -0.3 is 5.11 Å². The zero-order valence-corrected chi connectivity index (χ0v) is 11.8. The molecule has 0 bridgehead atoms. The second-order valence-corrected chi connectivity index (χ2v) is 5.28. The Kier molecular flexibility index (Phi) is 5.81. The summed E-state index contributed by atoms with van der Waals surface area (Å²) < 4.78 is 0. The third-order valence-corrected chi connectivity index (χ3v) is 2.91. The van der Waals surface area contributed by atoms with Crippen LogP contribution in [0.4, 0.5) is 0 Å². The van der Waals surface area contributed by atoms with Gasteiger partial charge in [0.05, 0.1) is 18.2 Å². The summed E-state index contributed by atoms with van der Waals surface area (Å²) in [4.78, 5) is 12.7. The van der Waals surface area contributed by atoms with Gasteiger partial charge in [0.1, 0.15) is 0 Å². The van der Waals surface area contributed by atoms with Crippen LogP contribution in [-0.4, -0.2) is 29.1 Å². The van der Waals surface area contributed by atoms with Crippen LogP contribution in [0.5, 0.6) is 0 Å². The Labute approximate surface area is 118 Å². The maximum absolute atomic E-state index is 10.8. The van der Waals surface area contributed by atoms with E-state index in [1.807, 2.05) is 24.8 Å². The second kappa shape index (κ2) is 7.13. The smallest absolute Gasteiger partial charge is 0.317 e. The minimum atomic E-state index is -0.856. The van der Waals surface area contributed by atoms with Crippen molar-refractivity contribution in [2.24, 2.45) is 5.92 Å². The molecule has 1 aromatic carbocycles. The summed E-state index contributed by atoms with van der Waals surface area (Å²) in [7, 11) is 0. The fourth-order valence-corrected chi connectivity index (χ4v) is 2.12. The lowest BCUT2D eigenvalue weighted by molar-refractivity contribution is -0.138. The fraction of sp³-hybridized carbons (Fsp3) is 0.429. The molecule has 0 aliphatic rings. The molecule has 0 unspecified atom stereocenters. The predicted octanol–water partition coefficient (Wildman–Crippen LogP) is 2.75. The van der Waals surface area contributed by atoms with E-state index in [0.717, 1.165) is 5.56 Å². The molecule has 0 radical (unpaired) electrons. The molecule has 19 heavy (non-hydrogen) atoms. The minimum absolute atomic E-state index is 0.0193. The number of aliphatic carboxylic acids is 1. The highest BCUT2D eigenvalue weighted by molar-refractivity contribution is 6.31. The minimum Gasteiger partial charge on any atom is -0.480 e. The van der Waals surface area contributed by atoms with Gasteiger partial charge in [-0.1, -0.05) is 31.5 Å². The molecule has 5 heteroatoms. The monoisotopic (exact) mass is 280 g/mol. The van der Waals surface area contributed by atoms with E-state index >= 15 is 0 Å². The van der Waals surface area contributed by atoms with Crippen molar-refractivity contribution in [3.05, 3.63) is 34.3 Å². The maximum Gasteiger partial charge on any atom is 0.317 e. The average molecular weight is 281 g/mol. The zero-order valence-electron chi connectivity index (χ0n) is 11.1. The fourth-order valence-electron chi connectivity index (χ4n) is 1.88. The molecular formula is C14H17ClN2O2. The van der Waals surface area contributed by atoms with E-state index in [0.29, 0.717) is 29.6 Å². The Morgan fingerprint density at radius 2 is 2.21 bits per heavy atom. The molecule has 102 valence electrons. The number of carboxylic acid groups (broad SMARTS) is 1. The quantitative estimate of drug-likeness (QED) is 0.870. The summed E-state index contributed by atoms with van der Waals surface area (Å²) >= 11 is 6.10. The Hall–Kier alpha value is -1.57. The number of nitrogens with zero attached hydrogens (tertiary/aromatic N) is 2. The van der Waals surface area contributed by atoms with Gasteiger partial charge in [-0.3, -0.25) is 9.69 Å². The molecular weight excluding hydrogens is 264 g/mol. The van der Waals surface area contributed by atoms with Crippen LogP contribution in [0.2, 0.25) is 5.02 Å². The van der Waals surface area contributed by atoms with E-state index in [1.54, 1.807) is 18.2 Å². The lowest BCUT2D eigenvalue weighted by Gasteiger charge is -2.22. The van der Waals surface area contributed by atoms with Crippen molar-refractivity contribution >= 4 is 17.6 Å². The Balaban J connectivity index is 2.83. The van der Waals surface area contributed by atoms with Crippen molar-refractivity contribution in [1.82, 2.24) is 4.90 Å². The van der Waals surface area contributed by atoms with Crippen molar-refractivity contribution in [2.75, 3.05) is 13.1 Å². The standard InChI is InChI=1S/C14H17ClN2O2/c1-10(2)7-17(9-14(18)19)8-12-4-3-11(6-16)5-13(12)15/h3-5,10H,7-9H2,1-2H3,(H,18,19). The number of carboxylic acids is 1. The van der Waals surface area contributed by atoms with Gasteiger partial charge in [-0.25, -0.2) is 0 Å². The topological polar surface area (TPSA) is 64.3 Å². The highest BCUT2D eigenvalue weighted by Gasteiger charge is 2.13. The van der Waals surface area contributed by atoms with Crippen LogP contribution in [0.3, 0.4) is 0 Å². The van der Waals surface area contributed by atoms with Crippen molar-refractivity contribution in [3.8, 4) is 6.07 Å². The van der Waals surface area contributed by atoms with Crippen LogP contribution in [0.25, 0.3) is 0 Å². The first kappa shape index (κ1) is 15.5. The number of benzene rings is 1. The van der Waals surface area contributed by atoms with E-state index in [9.17, 15) is 4.79 Å². The number of nitriles is 1. The normalized spacial score (nSPS) is 10.7. The highest BCUT2D eigenvalue weighted by Crippen LogP contribution is 2.19. The van der Waals surface area contributed by atoms with Gasteiger partial charge in [0, 0.05) is 18.1 Å². The molecule has 0 aromatic heterocycles. The number of hydrogen-bond acceptors (Lipinski definition) is 3. The van der Waals surface area contributed by atoms with Crippen molar-refractivity contribution < 1.29 is 9.90 Å². The van der Waals surface area contributed by atoms with Gasteiger partial charge in [-0.05, 0) is 23.6 Å². The second-order valence-electron chi connectivity index (χ2n) is 4.88. The lowest BCUT2D eigenvalue weighted by atomic mass is 10.1. The van der Waals surface area contributed by atoms with Gasteiger partial charge >= 0.3 is 5.97 Å². The van der Waals surface area contributed by atoms with Crippen molar-refractivity contribution in [3.63, 3.8) is 0 Å². The van der Waals surface area contributed by atoms with Gasteiger partial charge in [0.2, 0.25) is 0 Å². The van der Waals surface area contributed by atoms with Crippen LogP contribution in [0, 0.1) is 17.2 Å². The molecule has 0 fully saturated rings. The molecule has 1 aromatic rings. The third kappa shape index (κ3) is 5.29. The molecule has 0 aliphatic carbocycles. The number of hydrogen-bond donors (Lipinski definition) is 1. The molecule has 0 heterocycles. The van der Waals surface area contributed by atoms with Gasteiger partial charge in [0.25, 0.3) is 0 Å². The SMILES string of the molecule is CC(C)CN(CC(=O)O)Cc1ccc(C#N)cc1Cl. The first-order valence-corrected chi connectivity index (χ1v) is 6.43. The van der Waals surface area contributed by atoms with Crippen LogP contribution >= 0.6 is 11.6 Å². The van der Waals surface area contributed by atoms with E-state index in [4.69, 9.17) is 22.0 Å². The summed E-state index contributed by atoms with van der Waals surface area (Å²) in [6, 6.07) is 7.09. The van der Waals surface area contributed by atoms with Gasteiger partial charge in [-0.15, -0.1) is 0 Å². The summed E-state index contributed by atoms with van der Waals surface area (Å²) in [6.45, 7) is 5.20. The molecule has 0 aliphatic heterocycles. The van der Waals surface area contributed by atoms with Crippen molar-refractivity contribution in [2.45, 2.75) is 20.4 Å². The molecule has 1 N–H and O–H groups in total. The van der Waals surface area contributed by atoms with Gasteiger partial charge in [-0.2, -0.15) is 5.26 Å². The Morgan fingerprint density at radius 1 is 1.53 bits per heavy atom. The molecule has 0 amide bonds. The van der Waals surface area contributed by atoms with Crippen LogP contribution in [0.1, 0.15) is 25.0 Å². The first-order valence-electron chi connectivity index (χ1n) is 6.05. The van der Waals surface area contributed by atoms with Crippen LogP contribution < -0.4 is 0 Å². The van der Waals surface area contributed by atoms with E-state index in [1.165, 1.54) is 0 Å². The summed E-state index contributed by atoms with van der Waals surface area (Å²) in [5, 5.41) is 18.2. The zero-order chi connectivity index (χ0) is 14.4. The summed E-state index contributed by atoms with van der Waals surface area (Å²) in [5.74, 6) is -0.484. The van der Waals surface area contributed by atoms with E-state index in [-0.39, 0.29) is 6.54 Å². The van der Waals surface area contributed by atoms with E-state index in [2.05, 4.69) is 0 Å². The predicted molar refractivity (Wildman–Crippen MR) is 73.9 cm³/mol. The first-order chi connectivity index (χ1) is 8.92. The summed E-state index contributed by atoms with van der Waals surface area (Å²) in [6.07, 6.45) is 0. The Morgan fingerprint density at radius 3 is 2.68 bits per heavy atom. The van der Waals surface area contributed by atoms with E-state index < -0.39 is 5.97 Å².